The molecular formula is C15H14S2. The molecule has 2 aromatic carbocycles. The molecule has 0 aromatic heterocycles. The zero-order chi connectivity index (χ0) is 11.7. The van der Waals surface area contributed by atoms with Crippen molar-refractivity contribution >= 4 is 23.5 Å². The van der Waals surface area contributed by atoms with Crippen LogP contribution in [0.4, 0.5) is 0 Å². The largest absolute Gasteiger partial charge is 0.124 e. The Morgan fingerprint density at radius 1 is 0.765 bits per heavy atom. The van der Waals surface area contributed by atoms with E-state index in [-0.39, 0.29) is 0 Å². The first-order valence-corrected chi connectivity index (χ1v) is 7.77. The maximum Gasteiger partial charge on any atom is 0.0214 e. The highest BCUT2D eigenvalue weighted by molar-refractivity contribution is 8.05. The first-order chi connectivity index (χ1) is 8.33. The van der Waals surface area contributed by atoms with Crippen molar-refractivity contribution in [2.75, 3.05) is 11.5 Å². The lowest BCUT2D eigenvalue weighted by Gasteiger charge is -2.15. The van der Waals surface area contributed by atoms with Crippen molar-refractivity contribution in [3.63, 3.8) is 0 Å². The molecule has 0 unspecified atom stereocenters. The molecule has 0 amide bonds. The molecule has 0 atom stereocenters. The van der Waals surface area contributed by atoms with Crippen LogP contribution in [0.3, 0.4) is 0 Å². The van der Waals surface area contributed by atoms with Crippen molar-refractivity contribution in [3.8, 4) is 11.1 Å². The van der Waals surface area contributed by atoms with E-state index in [1.165, 1.54) is 38.0 Å². The molecule has 17 heavy (non-hydrogen) atoms. The number of hydrogen-bond donors (Lipinski definition) is 0. The Kier molecular flexibility index (Phi) is 3.17. The van der Waals surface area contributed by atoms with Crippen LogP contribution in [0.2, 0.25) is 0 Å². The molecule has 3 rings (SSSR count). The lowest BCUT2D eigenvalue weighted by atomic mass is 10.0. The van der Waals surface area contributed by atoms with E-state index in [0.29, 0.717) is 0 Å². The molecule has 0 bridgehead atoms. The maximum atomic E-state index is 2.33. The van der Waals surface area contributed by atoms with E-state index in [9.17, 15) is 0 Å². The molecule has 1 aliphatic heterocycles. The summed E-state index contributed by atoms with van der Waals surface area (Å²) in [6, 6.07) is 15.6. The molecule has 2 heteroatoms. The minimum atomic E-state index is 1.23. The van der Waals surface area contributed by atoms with Crippen LogP contribution in [0, 0.1) is 6.92 Å². The highest BCUT2D eigenvalue weighted by Gasteiger charge is 2.11. The minimum absolute atomic E-state index is 1.23. The van der Waals surface area contributed by atoms with E-state index in [0.717, 1.165) is 0 Å². The molecule has 1 heterocycles. The van der Waals surface area contributed by atoms with Gasteiger partial charge in [-0.05, 0) is 30.2 Å². The monoisotopic (exact) mass is 258 g/mol. The van der Waals surface area contributed by atoms with Gasteiger partial charge in [-0.2, -0.15) is 0 Å². The van der Waals surface area contributed by atoms with Gasteiger partial charge in [0, 0.05) is 21.3 Å². The molecule has 0 radical (unpaired) electrons. The van der Waals surface area contributed by atoms with Crippen LogP contribution in [0.1, 0.15) is 5.56 Å². The average Bonchev–Trinajstić information content (AvgIpc) is 2.39. The summed E-state index contributed by atoms with van der Waals surface area (Å²) in [5.74, 6) is 2.47. The number of benzene rings is 2. The van der Waals surface area contributed by atoms with E-state index >= 15 is 0 Å². The Labute approximate surface area is 111 Å². The van der Waals surface area contributed by atoms with Gasteiger partial charge in [0.25, 0.3) is 0 Å². The molecule has 1 aliphatic rings. The number of hydrogen-bond acceptors (Lipinski definition) is 2. The van der Waals surface area contributed by atoms with Crippen molar-refractivity contribution in [1.82, 2.24) is 0 Å². The number of rotatable bonds is 1. The van der Waals surface area contributed by atoms with Crippen molar-refractivity contribution in [2.24, 2.45) is 0 Å². The van der Waals surface area contributed by atoms with Gasteiger partial charge in [0.15, 0.2) is 0 Å². The highest BCUT2D eigenvalue weighted by atomic mass is 32.2. The van der Waals surface area contributed by atoms with Gasteiger partial charge in [0.1, 0.15) is 0 Å². The second kappa shape index (κ2) is 4.79. The standard InChI is InChI=1S/C15H14S2/c1-11-2-4-12(5-3-11)13-6-7-14-15(10-13)17-9-8-16-14/h2-7,10H,8-9H2,1H3. The number of thioether (sulfide) groups is 2. The lowest BCUT2D eigenvalue weighted by Crippen LogP contribution is -1.93. The van der Waals surface area contributed by atoms with E-state index in [4.69, 9.17) is 0 Å². The van der Waals surface area contributed by atoms with Crippen LogP contribution in [-0.2, 0) is 0 Å². The second-order valence-corrected chi connectivity index (χ2v) is 6.50. The number of aryl methyl sites for hydroxylation is 1. The SMILES string of the molecule is Cc1ccc(-c2ccc3c(c2)SCCS3)cc1. The van der Waals surface area contributed by atoms with E-state index in [1.807, 2.05) is 23.5 Å². The zero-order valence-corrected chi connectivity index (χ0v) is 11.4. The fraction of sp³-hybridized carbons (Fsp3) is 0.200. The van der Waals surface area contributed by atoms with Gasteiger partial charge in [0.2, 0.25) is 0 Å². The molecule has 0 saturated heterocycles. The Morgan fingerprint density at radius 3 is 2.18 bits per heavy atom. The molecular weight excluding hydrogens is 244 g/mol. The van der Waals surface area contributed by atoms with Gasteiger partial charge >= 0.3 is 0 Å². The van der Waals surface area contributed by atoms with E-state index in [2.05, 4.69) is 49.4 Å². The quantitative estimate of drug-likeness (QED) is 0.716. The van der Waals surface area contributed by atoms with E-state index < -0.39 is 0 Å². The summed E-state index contributed by atoms with van der Waals surface area (Å²) < 4.78 is 0. The third kappa shape index (κ3) is 2.38. The number of fused-ring (bicyclic) bond motifs is 1. The second-order valence-electron chi connectivity index (χ2n) is 4.22. The minimum Gasteiger partial charge on any atom is -0.124 e. The predicted octanol–water partition coefficient (Wildman–Crippen LogP) is 4.86. The van der Waals surface area contributed by atoms with Crippen LogP contribution >= 0.6 is 23.5 Å². The molecule has 0 nitrogen and oxygen atoms in total. The Bertz CT molecular complexity index is 529. The molecule has 0 fully saturated rings. The first-order valence-electron chi connectivity index (χ1n) is 5.79. The highest BCUT2D eigenvalue weighted by Crippen LogP contribution is 2.38. The van der Waals surface area contributed by atoms with Gasteiger partial charge in [-0.3, -0.25) is 0 Å². The van der Waals surface area contributed by atoms with Crippen LogP contribution < -0.4 is 0 Å². The van der Waals surface area contributed by atoms with Gasteiger partial charge < -0.3 is 0 Å². The Balaban J connectivity index is 2.01. The topological polar surface area (TPSA) is 0 Å². The third-order valence-electron chi connectivity index (χ3n) is 2.93. The third-order valence-corrected chi connectivity index (χ3v) is 5.45. The van der Waals surface area contributed by atoms with Gasteiger partial charge in [-0.15, -0.1) is 23.5 Å². The van der Waals surface area contributed by atoms with Crippen molar-refractivity contribution in [2.45, 2.75) is 16.7 Å². The van der Waals surface area contributed by atoms with E-state index in [1.54, 1.807) is 0 Å². The predicted molar refractivity (Wildman–Crippen MR) is 78.1 cm³/mol. The fourth-order valence-electron chi connectivity index (χ4n) is 1.97. The molecule has 0 saturated carbocycles. The summed E-state index contributed by atoms with van der Waals surface area (Å²) >= 11 is 3.95. The Morgan fingerprint density at radius 2 is 1.41 bits per heavy atom. The van der Waals surface area contributed by atoms with Crippen LogP contribution in [0.5, 0.6) is 0 Å². The van der Waals surface area contributed by atoms with Crippen LogP contribution in [0.15, 0.2) is 52.3 Å². The molecule has 0 N–H and O–H groups in total. The van der Waals surface area contributed by atoms with Crippen molar-refractivity contribution in [3.05, 3.63) is 48.0 Å². The van der Waals surface area contributed by atoms with Gasteiger partial charge in [0.05, 0.1) is 0 Å². The molecule has 0 aliphatic carbocycles. The van der Waals surface area contributed by atoms with Crippen molar-refractivity contribution < 1.29 is 0 Å². The first kappa shape index (κ1) is 11.2. The average molecular weight is 258 g/mol. The van der Waals surface area contributed by atoms with Gasteiger partial charge in [-0.25, -0.2) is 0 Å². The summed E-state index contributed by atoms with van der Waals surface area (Å²) in [5.41, 5.74) is 3.96. The summed E-state index contributed by atoms with van der Waals surface area (Å²) in [7, 11) is 0. The van der Waals surface area contributed by atoms with Crippen molar-refractivity contribution in [1.29, 1.82) is 0 Å². The summed E-state index contributed by atoms with van der Waals surface area (Å²) in [4.78, 5) is 2.89. The molecule has 2 aromatic rings. The smallest absolute Gasteiger partial charge is 0.0214 e. The molecule has 86 valence electrons. The summed E-state index contributed by atoms with van der Waals surface area (Å²) in [6.45, 7) is 2.13. The zero-order valence-electron chi connectivity index (χ0n) is 9.77. The van der Waals surface area contributed by atoms with Crippen LogP contribution in [0.25, 0.3) is 11.1 Å². The summed E-state index contributed by atoms with van der Waals surface area (Å²) in [5, 5.41) is 0. The fourth-order valence-corrected chi connectivity index (χ4v) is 4.22. The summed E-state index contributed by atoms with van der Waals surface area (Å²) in [6.07, 6.45) is 0. The molecule has 0 spiro atoms. The van der Waals surface area contributed by atoms with Gasteiger partial charge in [-0.1, -0.05) is 35.9 Å². The van der Waals surface area contributed by atoms with Crippen LogP contribution in [-0.4, -0.2) is 11.5 Å². The lowest BCUT2D eigenvalue weighted by molar-refractivity contribution is 1.22. The normalized spacial score (nSPS) is 14.4. The Hall–Kier alpha value is -0.860. The maximum absolute atomic E-state index is 2.33.